The number of para-hydroxylation sites is 1. The fourth-order valence-corrected chi connectivity index (χ4v) is 7.22. The average Bonchev–Trinajstić information content (AvgIpc) is 3.31. The Hall–Kier alpha value is -3.21. The van der Waals surface area contributed by atoms with E-state index in [-0.39, 0.29) is 23.8 Å². The Morgan fingerprint density at radius 1 is 1.02 bits per heavy atom. The van der Waals surface area contributed by atoms with Gasteiger partial charge in [-0.15, -0.1) is 0 Å². The zero-order valence-corrected chi connectivity index (χ0v) is 24.7. The first-order chi connectivity index (χ1) is 19.7. The summed E-state index contributed by atoms with van der Waals surface area (Å²) in [4.78, 5) is 31.1. The Morgan fingerprint density at radius 2 is 1.73 bits per heavy atom. The lowest BCUT2D eigenvalue weighted by Crippen LogP contribution is -2.55. The summed E-state index contributed by atoms with van der Waals surface area (Å²) in [6.07, 6.45) is 5.29. The van der Waals surface area contributed by atoms with Crippen LogP contribution in [0, 0.1) is 0 Å². The van der Waals surface area contributed by atoms with Gasteiger partial charge >= 0.3 is 0 Å². The number of nitrogens with one attached hydrogen (secondary N) is 1. The van der Waals surface area contributed by atoms with E-state index in [9.17, 15) is 18.0 Å². The predicted octanol–water partition coefficient (Wildman–Crippen LogP) is 2.68. The lowest BCUT2D eigenvalue weighted by molar-refractivity contribution is -0.139. The van der Waals surface area contributed by atoms with Gasteiger partial charge < -0.3 is 15.0 Å². The lowest BCUT2D eigenvalue weighted by Gasteiger charge is -2.41. The smallest absolute Gasteiger partial charge is 0.248 e. The van der Waals surface area contributed by atoms with Crippen molar-refractivity contribution in [1.29, 1.82) is 0 Å². The van der Waals surface area contributed by atoms with Crippen LogP contribution in [0.3, 0.4) is 0 Å². The third-order valence-electron chi connectivity index (χ3n) is 8.59. The molecule has 3 aliphatic rings. The van der Waals surface area contributed by atoms with Gasteiger partial charge in [0.05, 0.1) is 25.2 Å². The second-order valence-electron chi connectivity index (χ2n) is 11.3. The van der Waals surface area contributed by atoms with Crippen LogP contribution >= 0.6 is 0 Å². The van der Waals surface area contributed by atoms with Gasteiger partial charge in [0, 0.05) is 43.7 Å². The first-order valence-corrected chi connectivity index (χ1v) is 16.2. The molecule has 220 valence electrons. The highest BCUT2D eigenvalue weighted by Gasteiger charge is 2.47. The Bertz CT molecular complexity index is 1390. The molecule has 1 saturated heterocycles. The van der Waals surface area contributed by atoms with Gasteiger partial charge in [-0.3, -0.25) is 18.8 Å². The number of amides is 2. The molecule has 2 amide bonds. The van der Waals surface area contributed by atoms with E-state index in [0.717, 1.165) is 36.3 Å². The van der Waals surface area contributed by atoms with Crippen molar-refractivity contribution in [2.75, 3.05) is 56.4 Å². The van der Waals surface area contributed by atoms with E-state index in [4.69, 9.17) is 4.74 Å². The highest BCUT2D eigenvalue weighted by atomic mass is 32.2. The number of likely N-dealkylation sites (tertiary alicyclic amines) is 1. The monoisotopic (exact) mass is 580 g/mol. The molecule has 5 rings (SSSR count). The number of anilines is 1. The summed E-state index contributed by atoms with van der Waals surface area (Å²) in [5, 5.41) is 2.98. The van der Waals surface area contributed by atoms with Crippen molar-refractivity contribution in [3.05, 3.63) is 77.4 Å². The number of piperidine rings is 1. The largest absolute Gasteiger partial charge is 0.374 e. The van der Waals surface area contributed by atoms with Gasteiger partial charge in [0.15, 0.2) is 0 Å². The number of fused-ring (bicyclic) bond motifs is 2. The fourth-order valence-electron chi connectivity index (χ4n) is 6.22. The van der Waals surface area contributed by atoms with E-state index >= 15 is 0 Å². The first kappa shape index (κ1) is 29.3. The molecule has 0 aliphatic carbocycles. The molecule has 1 spiro atoms. The van der Waals surface area contributed by atoms with Gasteiger partial charge in [0.25, 0.3) is 0 Å². The summed E-state index contributed by atoms with van der Waals surface area (Å²) in [5.41, 5.74) is 3.10. The molecular formula is C31H40N4O5S. The molecular weight excluding hydrogens is 540 g/mol. The first-order valence-electron chi connectivity index (χ1n) is 14.4. The van der Waals surface area contributed by atoms with Crippen LogP contribution < -0.4 is 9.62 Å². The summed E-state index contributed by atoms with van der Waals surface area (Å²) < 4.78 is 32.6. The van der Waals surface area contributed by atoms with Crippen LogP contribution in [0.5, 0.6) is 0 Å². The van der Waals surface area contributed by atoms with Crippen LogP contribution in [0.2, 0.25) is 0 Å². The van der Waals surface area contributed by atoms with Gasteiger partial charge in [-0.1, -0.05) is 61.5 Å². The number of likely N-dealkylation sites (N-methyl/N-ethyl adjacent to an activating group) is 1. The van der Waals surface area contributed by atoms with E-state index in [0.29, 0.717) is 51.2 Å². The number of carbonyl (C=O) groups excluding carboxylic acids is 2. The van der Waals surface area contributed by atoms with Crippen molar-refractivity contribution in [3.63, 3.8) is 0 Å². The quantitative estimate of drug-likeness (QED) is 0.490. The van der Waals surface area contributed by atoms with Crippen molar-refractivity contribution >= 4 is 27.5 Å². The fraction of sp³-hybridized carbons (Fsp3) is 0.484. The number of benzene rings is 2. The van der Waals surface area contributed by atoms with Gasteiger partial charge in [-0.25, -0.2) is 8.42 Å². The molecule has 3 aliphatic heterocycles. The molecule has 0 radical (unpaired) electrons. The molecule has 0 unspecified atom stereocenters. The highest BCUT2D eigenvalue weighted by molar-refractivity contribution is 7.92. The summed E-state index contributed by atoms with van der Waals surface area (Å²) >= 11 is 0. The van der Waals surface area contributed by atoms with Crippen LogP contribution in [0.15, 0.2) is 66.2 Å². The Labute approximate surface area is 243 Å². The maximum absolute atomic E-state index is 13.8. The molecule has 41 heavy (non-hydrogen) atoms. The number of sulfonamides is 1. The summed E-state index contributed by atoms with van der Waals surface area (Å²) in [7, 11) is -3.42. The molecule has 3 heterocycles. The number of hydrogen-bond donors (Lipinski definition) is 1. The van der Waals surface area contributed by atoms with E-state index in [1.165, 1.54) is 10.6 Å². The predicted molar refractivity (Wildman–Crippen MR) is 159 cm³/mol. The topological polar surface area (TPSA) is 99.3 Å². The Morgan fingerprint density at radius 3 is 2.44 bits per heavy atom. The van der Waals surface area contributed by atoms with Crippen molar-refractivity contribution in [2.45, 2.75) is 44.2 Å². The van der Waals surface area contributed by atoms with Crippen LogP contribution in [-0.2, 0) is 36.4 Å². The van der Waals surface area contributed by atoms with Crippen LogP contribution in [-0.4, -0.2) is 88.2 Å². The summed E-state index contributed by atoms with van der Waals surface area (Å²) in [5.74, 6) is -0.400. The normalized spacial score (nSPS) is 19.5. The van der Waals surface area contributed by atoms with Gasteiger partial charge in [0.2, 0.25) is 21.8 Å². The molecule has 2 aromatic rings. The van der Waals surface area contributed by atoms with Crippen molar-refractivity contribution in [3.8, 4) is 0 Å². The molecule has 1 N–H and O–H groups in total. The molecule has 0 aromatic heterocycles. The SMILES string of the molecule is CCN1CCC=C(C(=O)N[C@H](COCc2ccccc2)C(=O)N2CCC3(CC2)CN(S(C)(=O)=O)c2ccccc23)C1. The number of rotatable bonds is 9. The van der Waals surface area contributed by atoms with Gasteiger partial charge in [0.1, 0.15) is 6.04 Å². The van der Waals surface area contributed by atoms with Crippen LogP contribution in [0.4, 0.5) is 5.69 Å². The molecule has 9 nitrogen and oxygen atoms in total. The third kappa shape index (κ3) is 6.50. The molecule has 10 heteroatoms. The minimum absolute atomic E-state index is 0.0660. The second-order valence-corrected chi connectivity index (χ2v) is 13.2. The second kappa shape index (κ2) is 12.3. The average molecular weight is 581 g/mol. The van der Waals surface area contributed by atoms with E-state index in [2.05, 4.69) is 17.1 Å². The Balaban J connectivity index is 1.28. The molecule has 0 bridgehead atoms. The number of nitrogens with zero attached hydrogens (tertiary/aromatic N) is 3. The number of hydrogen-bond acceptors (Lipinski definition) is 6. The number of carbonyl (C=O) groups is 2. The zero-order chi connectivity index (χ0) is 29.0. The van der Waals surface area contributed by atoms with Crippen LogP contribution in [0.25, 0.3) is 0 Å². The minimum Gasteiger partial charge on any atom is -0.374 e. The zero-order valence-electron chi connectivity index (χ0n) is 23.9. The minimum atomic E-state index is -3.42. The van der Waals surface area contributed by atoms with Crippen molar-refractivity contribution in [1.82, 2.24) is 15.1 Å². The van der Waals surface area contributed by atoms with Gasteiger partial charge in [-0.05, 0) is 43.0 Å². The number of ether oxygens (including phenoxy) is 1. The summed E-state index contributed by atoms with van der Waals surface area (Å²) in [6, 6.07) is 16.6. The van der Waals surface area contributed by atoms with Crippen LogP contribution in [0.1, 0.15) is 37.3 Å². The Kier molecular flexibility index (Phi) is 8.82. The maximum atomic E-state index is 13.8. The molecule has 1 atom stereocenters. The molecule has 2 aromatic carbocycles. The van der Waals surface area contributed by atoms with Crippen molar-refractivity contribution in [2.24, 2.45) is 0 Å². The summed E-state index contributed by atoms with van der Waals surface area (Å²) in [6.45, 7) is 6.17. The van der Waals surface area contributed by atoms with Crippen molar-refractivity contribution < 1.29 is 22.7 Å². The van der Waals surface area contributed by atoms with E-state index < -0.39 is 16.1 Å². The lowest BCUT2D eigenvalue weighted by atomic mass is 9.74. The third-order valence-corrected chi connectivity index (χ3v) is 9.72. The van der Waals surface area contributed by atoms with Gasteiger partial charge in [-0.2, -0.15) is 0 Å². The molecule has 0 saturated carbocycles. The highest BCUT2D eigenvalue weighted by Crippen LogP contribution is 2.47. The van der Waals surface area contributed by atoms with E-state index in [1.54, 1.807) is 4.90 Å². The maximum Gasteiger partial charge on any atom is 0.248 e. The molecule has 1 fully saturated rings. The standard InChI is InChI=1S/C31H40N4O5S/c1-3-33-17-9-12-25(20-33)29(36)32-27(22-40-21-24-10-5-4-6-11-24)30(37)34-18-15-31(16-19-34)23-35(41(2,38)39)28-14-8-7-13-26(28)31/h4-8,10-14,27H,3,9,15-23H2,1-2H3,(H,32,36)/t27-/m1/s1. The van der Waals surface area contributed by atoms with E-state index in [1.807, 2.05) is 60.7 Å².